The van der Waals surface area contributed by atoms with Crippen LogP contribution in [0, 0.1) is 17.5 Å². The van der Waals surface area contributed by atoms with Crippen LogP contribution >= 0.6 is 11.6 Å². The van der Waals surface area contributed by atoms with Gasteiger partial charge in [0.05, 0.1) is 0 Å². The molecule has 14 heavy (non-hydrogen) atoms. The molecule has 5 heteroatoms. The minimum atomic E-state index is -1.40. The van der Waals surface area contributed by atoms with Crippen LogP contribution in [-0.4, -0.2) is 0 Å². The summed E-state index contributed by atoms with van der Waals surface area (Å²) in [6.07, 6.45) is 0. The van der Waals surface area contributed by atoms with Crippen molar-refractivity contribution in [2.75, 3.05) is 0 Å². The van der Waals surface area contributed by atoms with E-state index >= 15 is 0 Å². The van der Waals surface area contributed by atoms with Crippen molar-refractivity contribution in [1.82, 2.24) is 0 Å². The highest BCUT2D eigenvalue weighted by Gasteiger charge is 2.25. The molecule has 1 aromatic carbocycles. The first-order valence-corrected chi connectivity index (χ1v) is 4.25. The van der Waals surface area contributed by atoms with Crippen molar-refractivity contribution in [3.05, 3.63) is 34.1 Å². The molecule has 0 aliphatic rings. The van der Waals surface area contributed by atoms with Gasteiger partial charge in [-0.3, -0.25) is 0 Å². The topological polar surface area (TPSA) is 26.0 Å². The van der Waals surface area contributed by atoms with Gasteiger partial charge in [-0.1, -0.05) is 11.6 Å². The van der Waals surface area contributed by atoms with Crippen LogP contribution < -0.4 is 5.73 Å². The zero-order valence-corrected chi connectivity index (χ0v) is 8.42. The molecule has 2 N–H and O–H groups in total. The molecule has 0 aliphatic carbocycles. The van der Waals surface area contributed by atoms with E-state index in [0.717, 1.165) is 6.07 Å². The van der Waals surface area contributed by atoms with Crippen LogP contribution in [0.5, 0.6) is 0 Å². The molecule has 0 radical (unpaired) electrons. The Morgan fingerprint density at radius 2 is 1.71 bits per heavy atom. The second kappa shape index (κ2) is 3.44. The maximum absolute atomic E-state index is 13.2. The minimum Gasteiger partial charge on any atom is -0.322 e. The summed E-state index contributed by atoms with van der Waals surface area (Å²) < 4.78 is 39.2. The van der Waals surface area contributed by atoms with Crippen molar-refractivity contribution in [2.24, 2.45) is 5.73 Å². The quantitative estimate of drug-likeness (QED) is 0.575. The van der Waals surface area contributed by atoms with Gasteiger partial charge in [0.15, 0.2) is 11.6 Å². The van der Waals surface area contributed by atoms with Gasteiger partial charge in [0.1, 0.15) is 10.8 Å². The van der Waals surface area contributed by atoms with Crippen molar-refractivity contribution in [3.63, 3.8) is 0 Å². The van der Waals surface area contributed by atoms with Crippen molar-refractivity contribution in [1.29, 1.82) is 0 Å². The smallest absolute Gasteiger partial charge is 0.180 e. The van der Waals surface area contributed by atoms with E-state index in [-0.39, 0.29) is 5.56 Å². The van der Waals surface area contributed by atoms with Crippen LogP contribution in [0.4, 0.5) is 13.2 Å². The molecule has 78 valence electrons. The van der Waals surface area contributed by atoms with Gasteiger partial charge in [0.25, 0.3) is 0 Å². The average Bonchev–Trinajstić information content (AvgIpc) is 2.06. The fourth-order valence-electron chi connectivity index (χ4n) is 1.04. The molecule has 0 aromatic heterocycles. The highest BCUT2D eigenvalue weighted by Crippen LogP contribution is 2.29. The lowest BCUT2D eigenvalue weighted by molar-refractivity contribution is 0.444. The third kappa shape index (κ3) is 1.86. The average molecular weight is 224 g/mol. The first kappa shape index (κ1) is 11.3. The molecule has 0 amide bonds. The summed E-state index contributed by atoms with van der Waals surface area (Å²) in [4.78, 5) is 0. The lowest BCUT2D eigenvalue weighted by Crippen LogP contribution is -2.30. The molecule has 0 aliphatic heterocycles. The number of nitrogens with two attached hydrogens (primary N) is 1. The van der Waals surface area contributed by atoms with Crippen LogP contribution in [0.1, 0.15) is 19.4 Å². The Morgan fingerprint density at radius 3 is 2.14 bits per heavy atom. The molecule has 0 bridgehead atoms. The summed E-state index contributed by atoms with van der Waals surface area (Å²) in [5, 5.41) is -0.851. The molecule has 0 saturated heterocycles. The molecule has 1 nitrogen and oxygen atoms in total. The molecule has 0 fully saturated rings. The molecule has 1 aromatic rings. The molecular weight excluding hydrogens is 215 g/mol. The second-order valence-corrected chi connectivity index (χ2v) is 3.95. The summed E-state index contributed by atoms with van der Waals surface area (Å²) in [6.45, 7) is 2.89. The summed E-state index contributed by atoms with van der Waals surface area (Å²) in [6, 6.07) is 0.806. The minimum absolute atomic E-state index is 0.239. The number of hydrogen-bond acceptors (Lipinski definition) is 1. The van der Waals surface area contributed by atoms with Crippen molar-refractivity contribution >= 4 is 11.6 Å². The van der Waals surface area contributed by atoms with Gasteiger partial charge in [-0.05, 0) is 19.9 Å². The van der Waals surface area contributed by atoms with Crippen molar-refractivity contribution < 1.29 is 13.2 Å². The fraction of sp³-hybridized carbons (Fsp3) is 0.333. The van der Waals surface area contributed by atoms with Crippen LogP contribution in [0.3, 0.4) is 0 Å². The van der Waals surface area contributed by atoms with Gasteiger partial charge in [0.2, 0.25) is 0 Å². The molecule has 0 heterocycles. The standard InChI is InChI=1S/C9H9ClF3N/c1-9(2,14)4-3-5(11)6(10)8(13)7(4)12/h3H,14H2,1-2H3. The largest absolute Gasteiger partial charge is 0.322 e. The summed E-state index contributed by atoms with van der Waals surface area (Å²) in [5.41, 5.74) is 4.13. The zero-order valence-electron chi connectivity index (χ0n) is 7.67. The van der Waals surface area contributed by atoms with Gasteiger partial charge in [-0.15, -0.1) is 0 Å². The Bertz CT molecular complexity index is 371. The van der Waals surface area contributed by atoms with Crippen molar-refractivity contribution in [2.45, 2.75) is 19.4 Å². The van der Waals surface area contributed by atoms with Gasteiger partial charge in [-0.2, -0.15) is 0 Å². The molecular formula is C9H9ClF3N. The van der Waals surface area contributed by atoms with E-state index in [0.29, 0.717) is 0 Å². The SMILES string of the molecule is CC(C)(N)c1cc(F)c(Cl)c(F)c1F. The Morgan fingerprint density at radius 1 is 1.21 bits per heavy atom. The zero-order chi connectivity index (χ0) is 11.1. The molecule has 0 spiro atoms. The second-order valence-electron chi connectivity index (χ2n) is 3.57. The van der Waals surface area contributed by atoms with Crippen LogP contribution in [0.2, 0.25) is 5.02 Å². The maximum Gasteiger partial charge on any atom is 0.180 e. The number of rotatable bonds is 1. The maximum atomic E-state index is 13.2. The van der Waals surface area contributed by atoms with E-state index < -0.39 is 28.0 Å². The van der Waals surface area contributed by atoms with Crippen LogP contribution in [-0.2, 0) is 5.54 Å². The first-order chi connectivity index (χ1) is 6.25. The Kier molecular flexibility index (Phi) is 2.78. The number of benzene rings is 1. The third-order valence-corrected chi connectivity index (χ3v) is 2.14. The third-order valence-electron chi connectivity index (χ3n) is 1.80. The Hall–Kier alpha value is -0.740. The van der Waals surface area contributed by atoms with Crippen LogP contribution in [0.25, 0.3) is 0 Å². The van der Waals surface area contributed by atoms with E-state index in [1.807, 2.05) is 0 Å². The summed E-state index contributed by atoms with van der Waals surface area (Å²) >= 11 is 5.17. The normalized spacial score (nSPS) is 11.9. The van der Waals surface area contributed by atoms with E-state index in [4.69, 9.17) is 17.3 Å². The van der Waals surface area contributed by atoms with Gasteiger partial charge >= 0.3 is 0 Å². The highest BCUT2D eigenvalue weighted by atomic mass is 35.5. The van der Waals surface area contributed by atoms with Gasteiger partial charge in [-0.25, -0.2) is 13.2 Å². The number of hydrogen-bond donors (Lipinski definition) is 1. The molecule has 0 atom stereocenters. The predicted octanol–water partition coefficient (Wildman–Crippen LogP) is 2.95. The lowest BCUT2D eigenvalue weighted by atomic mass is 9.95. The highest BCUT2D eigenvalue weighted by molar-refractivity contribution is 6.30. The first-order valence-electron chi connectivity index (χ1n) is 3.87. The Labute approximate surface area is 84.7 Å². The van der Waals surface area contributed by atoms with Crippen molar-refractivity contribution in [3.8, 4) is 0 Å². The monoisotopic (exact) mass is 223 g/mol. The molecule has 0 unspecified atom stereocenters. The summed E-state index contributed by atoms with van der Waals surface area (Å²) in [7, 11) is 0. The van der Waals surface area contributed by atoms with E-state index in [1.165, 1.54) is 13.8 Å². The lowest BCUT2D eigenvalue weighted by Gasteiger charge is -2.20. The van der Waals surface area contributed by atoms with Crippen LogP contribution in [0.15, 0.2) is 6.07 Å². The van der Waals surface area contributed by atoms with Gasteiger partial charge < -0.3 is 5.73 Å². The number of halogens is 4. The van der Waals surface area contributed by atoms with E-state index in [9.17, 15) is 13.2 Å². The van der Waals surface area contributed by atoms with E-state index in [1.54, 1.807) is 0 Å². The molecule has 0 saturated carbocycles. The fourth-order valence-corrected chi connectivity index (χ4v) is 1.18. The van der Waals surface area contributed by atoms with Gasteiger partial charge in [0, 0.05) is 11.1 Å². The summed E-state index contributed by atoms with van der Waals surface area (Å²) in [5.74, 6) is -3.62. The predicted molar refractivity (Wildman–Crippen MR) is 48.5 cm³/mol. The Balaban J connectivity index is 3.49. The molecule has 1 rings (SSSR count). The van der Waals surface area contributed by atoms with E-state index in [2.05, 4.69) is 0 Å².